The number of hydrogen-bond acceptors (Lipinski definition) is 5. The standard InChI is InChI=1S/C14H20O5S/c1-14(2,3)19-13(15)12-7-5-6-11(10-12)8-9-18-20(4,16)17/h5-7,10H,8-9H2,1-4H3. The minimum Gasteiger partial charge on any atom is -0.456 e. The molecule has 0 aliphatic carbocycles. The molecule has 112 valence electrons. The van der Waals surface area contributed by atoms with Crippen LogP contribution in [0.1, 0.15) is 36.7 Å². The van der Waals surface area contributed by atoms with E-state index in [4.69, 9.17) is 4.74 Å². The number of esters is 1. The average molecular weight is 300 g/mol. The van der Waals surface area contributed by atoms with Crippen molar-refractivity contribution in [2.45, 2.75) is 32.8 Å². The normalized spacial score (nSPS) is 12.2. The lowest BCUT2D eigenvalue weighted by atomic mass is 10.1. The number of hydrogen-bond donors (Lipinski definition) is 0. The van der Waals surface area contributed by atoms with Crippen LogP contribution in [0.2, 0.25) is 0 Å². The molecule has 0 bridgehead atoms. The van der Waals surface area contributed by atoms with E-state index in [-0.39, 0.29) is 6.61 Å². The summed E-state index contributed by atoms with van der Waals surface area (Å²) in [6.07, 6.45) is 1.41. The zero-order valence-corrected chi connectivity index (χ0v) is 13.0. The third-order valence-electron chi connectivity index (χ3n) is 2.25. The summed E-state index contributed by atoms with van der Waals surface area (Å²) in [6.45, 7) is 5.45. The quantitative estimate of drug-likeness (QED) is 0.615. The van der Waals surface area contributed by atoms with E-state index < -0.39 is 21.7 Å². The Kier molecular flexibility index (Phi) is 5.30. The van der Waals surface area contributed by atoms with E-state index in [2.05, 4.69) is 4.18 Å². The number of rotatable bonds is 5. The Bertz CT molecular complexity index is 569. The third-order valence-corrected chi connectivity index (χ3v) is 2.84. The van der Waals surface area contributed by atoms with Crippen LogP contribution in [0.4, 0.5) is 0 Å². The summed E-state index contributed by atoms with van der Waals surface area (Å²) in [7, 11) is -3.44. The molecule has 0 saturated carbocycles. The Hall–Kier alpha value is -1.40. The van der Waals surface area contributed by atoms with Crippen LogP contribution in [0, 0.1) is 0 Å². The van der Waals surface area contributed by atoms with Gasteiger partial charge in [-0.3, -0.25) is 4.18 Å². The molecule has 0 spiro atoms. The minimum atomic E-state index is -3.44. The summed E-state index contributed by atoms with van der Waals surface area (Å²) in [5.41, 5.74) is 0.709. The summed E-state index contributed by atoms with van der Waals surface area (Å²) in [5, 5.41) is 0. The van der Waals surface area contributed by atoms with Crippen LogP contribution in [0.5, 0.6) is 0 Å². The highest BCUT2D eigenvalue weighted by molar-refractivity contribution is 7.85. The molecule has 0 N–H and O–H groups in total. The first-order valence-corrected chi connectivity index (χ1v) is 8.05. The van der Waals surface area contributed by atoms with Gasteiger partial charge in [0, 0.05) is 0 Å². The van der Waals surface area contributed by atoms with E-state index in [9.17, 15) is 13.2 Å². The Morgan fingerprint density at radius 2 is 1.90 bits per heavy atom. The third kappa shape index (κ3) is 6.68. The molecular formula is C14H20O5S. The molecular weight excluding hydrogens is 280 g/mol. The van der Waals surface area contributed by atoms with Crippen LogP contribution in [0.3, 0.4) is 0 Å². The predicted molar refractivity (Wildman–Crippen MR) is 76.1 cm³/mol. The Morgan fingerprint density at radius 1 is 1.25 bits per heavy atom. The maximum atomic E-state index is 11.9. The molecule has 5 nitrogen and oxygen atoms in total. The van der Waals surface area contributed by atoms with Crippen LogP contribution in [0.15, 0.2) is 24.3 Å². The molecule has 0 aromatic heterocycles. The summed E-state index contributed by atoms with van der Waals surface area (Å²) in [5.74, 6) is -0.400. The van der Waals surface area contributed by atoms with Crippen molar-refractivity contribution in [3.8, 4) is 0 Å². The highest BCUT2D eigenvalue weighted by Gasteiger charge is 2.17. The van der Waals surface area contributed by atoms with Crippen molar-refractivity contribution in [1.82, 2.24) is 0 Å². The second-order valence-corrected chi connectivity index (χ2v) is 7.12. The Morgan fingerprint density at radius 3 is 2.45 bits per heavy atom. The molecule has 0 atom stereocenters. The monoisotopic (exact) mass is 300 g/mol. The summed E-state index contributed by atoms with van der Waals surface area (Å²) in [4.78, 5) is 11.9. The van der Waals surface area contributed by atoms with E-state index in [1.165, 1.54) is 0 Å². The van der Waals surface area contributed by atoms with Gasteiger partial charge in [0.25, 0.3) is 10.1 Å². The Balaban J connectivity index is 2.68. The first kappa shape index (κ1) is 16.7. The molecule has 6 heteroatoms. The smallest absolute Gasteiger partial charge is 0.338 e. The van der Waals surface area contributed by atoms with Crippen LogP contribution in [-0.2, 0) is 25.5 Å². The molecule has 1 aromatic rings. The molecule has 0 radical (unpaired) electrons. The highest BCUT2D eigenvalue weighted by atomic mass is 32.2. The fourth-order valence-electron chi connectivity index (χ4n) is 1.50. The molecule has 0 aliphatic rings. The van der Waals surface area contributed by atoms with Crippen LogP contribution in [0.25, 0.3) is 0 Å². The molecule has 0 unspecified atom stereocenters. The maximum Gasteiger partial charge on any atom is 0.338 e. The molecule has 0 fully saturated rings. The van der Waals surface area contributed by atoms with Gasteiger partial charge in [-0.1, -0.05) is 12.1 Å². The molecule has 20 heavy (non-hydrogen) atoms. The SMILES string of the molecule is CC(C)(C)OC(=O)c1cccc(CCOS(C)(=O)=O)c1. The summed E-state index contributed by atoms with van der Waals surface area (Å²) < 4.78 is 31.7. The van der Waals surface area contributed by atoms with E-state index in [1.807, 2.05) is 0 Å². The number of ether oxygens (including phenoxy) is 1. The van der Waals surface area contributed by atoms with Gasteiger partial charge in [-0.2, -0.15) is 8.42 Å². The van der Waals surface area contributed by atoms with E-state index in [0.29, 0.717) is 12.0 Å². The lowest BCUT2D eigenvalue weighted by Crippen LogP contribution is -2.23. The molecule has 0 amide bonds. The number of benzene rings is 1. The second-order valence-electron chi connectivity index (χ2n) is 5.48. The average Bonchev–Trinajstić information content (AvgIpc) is 2.25. The van der Waals surface area contributed by atoms with Gasteiger partial charge < -0.3 is 4.74 Å². The van der Waals surface area contributed by atoms with E-state index in [0.717, 1.165) is 11.8 Å². The van der Waals surface area contributed by atoms with Crippen molar-refractivity contribution in [3.63, 3.8) is 0 Å². The number of carbonyl (C=O) groups is 1. The van der Waals surface area contributed by atoms with Gasteiger partial charge in [-0.25, -0.2) is 4.79 Å². The van der Waals surface area contributed by atoms with Crippen molar-refractivity contribution in [3.05, 3.63) is 35.4 Å². The van der Waals surface area contributed by atoms with Crippen LogP contribution >= 0.6 is 0 Å². The fourth-order valence-corrected chi connectivity index (χ4v) is 1.89. The van der Waals surface area contributed by atoms with E-state index >= 15 is 0 Å². The van der Waals surface area contributed by atoms with Crippen molar-refractivity contribution < 1.29 is 22.1 Å². The topological polar surface area (TPSA) is 69.7 Å². The van der Waals surface area contributed by atoms with Crippen LogP contribution < -0.4 is 0 Å². The number of carbonyl (C=O) groups excluding carboxylic acids is 1. The first-order chi connectivity index (χ1) is 9.07. The van der Waals surface area contributed by atoms with Crippen LogP contribution in [-0.4, -0.2) is 32.9 Å². The molecule has 0 heterocycles. The van der Waals surface area contributed by atoms with Crippen molar-refractivity contribution in [2.75, 3.05) is 12.9 Å². The lowest BCUT2D eigenvalue weighted by Gasteiger charge is -2.19. The van der Waals surface area contributed by atoms with E-state index in [1.54, 1.807) is 45.0 Å². The zero-order chi connectivity index (χ0) is 15.4. The Labute approximate surface area is 120 Å². The minimum absolute atomic E-state index is 0.0522. The van der Waals surface area contributed by atoms with Gasteiger partial charge in [0.1, 0.15) is 5.60 Å². The molecule has 1 rings (SSSR count). The van der Waals surface area contributed by atoms with Gasteiger partial charge in [0.15, 0.2) is 0 Å². The van der Waals surface area contributed by atoms with Gasteiger partial charge in [0.2, 0.25) is 0 Å². The molecule has 0 saturated heterocycles. The van der Waals surface area contributed by atoms with Gasteiger partial charge in [-0.15, -0.1) is 0 Å². The molecule has 1 aromatic carbocycles. The van der Waals surface area contributed by atoms with Gasteiger partial charge in [0.05, 0.1) is 18.4 Å². The zero-order valence-electron chi connectivity index (χ0n) is 12.2. The fraction of sp³-hybridized carbons (Fsp3) is 0.500. The summed E-state index contributed by atoms with van der Waals surface area (Å²) in [6, 6.07) is 6.88. The summed E-state index contributed by atoms with van der Waals surface area (Å²) >= 11 is 0. The molecule has 0 aliphatic heterocycles. The van der Waals surface area contributed by atoms with Gasteiger partial charge in [-0.05, 0) is 44.9 Å². The lowest BCUT2D eigenvalue weighted by molar-refractivity contribution is 0.00693. The van der Waals surface area contributed by atoms with Gasteiger partial charge >= 0.3 is 5.97 Å². The predicted octanol–water partition coefficient (Wildman–Crippen LogP) is 2.16. The largest absolute Gasteiger partial charge is 0.456 e. The van der Waals surface area contributed by atoms with Crippen molar-refractivity contribution >= 4 is 16.1 Å². The highest BCUT2D eigenvalue weighted by Crippen LogP contribution is 2.13. The second kappa shape index (κ2) is 6.37. The maximum absolute atomic E-state index is 11.9. The van der Waals surface area contributed by atoms with Crippen molar-refractivity contribution in [2.24, 2.45) is 0 Å². The van der Waals surface area contributed by atoms with Crippen molar-refractivity contribution in [1.29, 1.82) is 0 Å². The first-order valence-electron chi connectivity index (χ1n) is 6.23.